The zero-order chi connectivity index (χ0) is 19.4. The van der Waals surface area contributed by atoms with Gasteiger partial charge >= 0.3 is 6.09 Å². The molecule has 0 spiro atoms. The second-order valence-electron chi connectivity index (χ2n) is 7.69. The number of carbonyl (C=O) groups excluding carboxylic acids is 1. The molecular weight excluding hydrogens is 368 g/mol. The van der Waals surface area contributed by atoms with Gasteiger partial charge in [0.25, 0.3) is 0 Å². The van der Waals surface area contributed by atoms with Gasteiger partial charge in [-0.2, -0.15) is 0 Å². The first-order valence-corrected chi connectivity index (χ1v) is 10.0. The monoisotopic (exact) mass is 394 g/mol. The normalized spacial score (nSPS) is 21.5. The Bertz CT molecular complexity index is 665. The smallest absolute Gasteiger partial charge is 0.405 e. The lowest BCUT2D eigenvalue weighted by molar-refractivity contribution is -0.139. The fourth-order valence-electron chi connectivity index (χ4n) is 4.32. The number of hydrogen-bond donors (Lipinski definition) is 3. The summed E-state index contributed by atoms with van der Waals surface area (Å²) >= 11 is 5.92. The van der Waals surface area contributed by atoms with E-state index >= 15 is 0 Å². The van der Waals surface area contributed by atoms with Crippen molar-refractivity contribution in [2.45, 2.75) is 56.6 Å². The summed E-state index contributed by atoms with van der Waals surface area (Å²) in [5.41, 5.74) is -0.187. The van der Waals surface area contributed by atoms with E-state index in [0.29, 0.717) is 31.0 Å². The SMILES string of the molecule is O=C(O)NC(C(=O)N1CCC(O)(c2ccc(Cl)cc2)CC1)C1CCCCC1. The summed E-state index contributed by atoms with van der Waals surface area (Å²) < 4.78 is 0. The van der Waals surface area contributed by atoms with Crippen LogP contribution >= 0.6 is 11.6 Å². The van der Waals surface area contributed by atoms with Gasteiger partial charge in [-0.3, -0.25) is 4.79 Å². The molecule has 1 aromatic rings. The average molecular weight is 395 g/mol. The van der Waals surface area contributed by atoms with Gasteiger partial charge in [-0.05, 0) is 49.3 Å². The highest BCUT2D eigenvalue weighted by Gasteiger charge is 2.39. The first-order chi connectivity index (χ1) is 12.9. The predicted molar refractivity (Wildman–Crippen MR) is 103 cm³/mol. The van der Waals surface area contributed by atoms with Crippen LogP contribution in [-0.4, -0.2) is 46.2 Å². The number of carbonyl (C=O) groups is 2. The molecule has 1 aromatic carbocycles. The number of hydrogen-bond acceptors (Lipinski definition) is 3. The number of aliphatic hydroxyl groups is 1. The van der Waals surface area contributed by atoms with Gasteiger partial charge in [0.2, 0.25) is 5.91 Å². The zero-order valence-corrected chi connectivity index (χ0v) is 16.1. The summed E-state index contributed by atoms with van der Waals surface area (Å²) in [6.45, 7) is 0.810. The van der Waals surface area contributed by atoms with E-state index < -0.39 is 17.7 Å². The number of halogens is 1. The van der Waals surface area contributed by atoms with E-state index in [2.05, 4.69) is 5.32 Å². The predicted octanol–water partition coefficient (Wildman–Crippen LogP) is 3.37. The van der Waals surface area contributed by atoms with Crippen LogP contribution in [0.5, 0.6) is 0 Å². The van der Waals surface area contributed by atoms with E-state index in [9.17, 15) is 19.8 Å². The minimum atomic E-state index is -1.16. The van der Waals surface area contributed by atoms with Crippen LogP contribution in [0.3, 0.4) is 0 Å². The Hall–Kier alpha value is -1.79. The van der Waals surface area contributed by atoms with Crippen LogP contribution in [0.2, 0.25) is 5.02 Å². The third-order valence-corrected chi connectivity index (χ3v) is 6.20. The number of benzene rings is 1. The van der Waals surface area contributed by atoms with Crippen molar-refractivity contribution in [2.75, 3.05) is 13.1 Å². The first kappa shape index (κ1) is 20.0. The number of likely N-dealkylation sites (tertiary alicyclic amines) is 1. The van der Waals surface area contributed by atoms with Crippen molar-refractivity contribution in [2.24, 2.45) is 5.92 Å². The number of nitrogens with one attached hydrogen (secondary N) is 1. The summed E-state index contributed by atoms with van der Waals surface area (Å²) in [5, 5.41) is 23.2. The second kappa shape index (κ2) is 8.48. The Morgan fingerprint density at radius 3 is 2.26 bits per heavy atom. The third kappa shape index (κ3) is 4.74. The number of rotatable bonds is 4. The molecule has 1 heterocycles. The average Bonchev–Trinajstić information content (AvgIpc) is 2.67. The van der Waals surface area contributed by atoms with Crippen LogP contribution in [0.1, 0.15) is 50.5 Å². The van der Waals surface area contributed by atoms with Crippen LogP contribution in [0.4, 0.5) is 4.79 Å². The number of piperidine rings is 1. The van der Waals surface area contributed by atoms with E-state index in [0.717, 1.165) is 37.7 Å². The Labute approximate surface area is 164 Å². The fourth-order valence-corrected chi connectivity index (χ4v) is 4.45. The van der Waals surface area contributed by atoms with Gasteiger partial charge in [-0.1, -0.05) is 43.0 Å². The third-order valence-electron chi connectivity index (χ3n) is 5.95. The van der Waals surface area contributed by atoms with E-state index in [1.165, 1.54) is 0 Å². The molecule has 3 N–H and O–H groups in total. The summed E-state index contributed by atoms with van der Waals surface area (Å²) in [4.78, 5) is 25.9. The first-order valence-electron chi connectivity index (χ1n) is 9.66. The minimum Gasteiger partial charge on any atom is -0.465 e. The standard InChI is InChI=1S/C20H27ClN2O4/c21-16-8-6-15(7-9-16)20(27)10-12-23(13-11-20)18(24)17(22-19(25)26)14-4-2-1-3-5-14/h6-9,14,17,22,27H,1-5,10-13H2,(H,25,26). The molecule has 6 nitrogen and oxygen atoms in total. The van der Waals surface area contributed by atoms with E-state index in [1.54, 1.807) is 17.0 Å². The van der Waals surface area contributed by atoms with Crippen molar-refractivity contribution >= 4 is 23.6 Å². The lowest BCUT2D eigenvalue weighted by Crippen LogP contribution is -2.55. The van der Waals surface area contributed by atoms with Gasteiger partial charge < -0.3 is 20.4 Å². The van der Waals surface area contributed by atoms with Gasteiger partial charge in [0, 0.05) is 18.1 Å². The molecule has 1 saturated heterocycles. The molecule has 1 aliphatic carbocycles. The van der Waals surface area contributed by atoms with Crippen LogP contribution in [0.25, 0.3) is 0 Å². The van der Waals surface area contributed by atoms with Gasteiger partial charge in [0.1, 0.15) is 6.04 Å². The maximum atomic E-state index is 13.0. The molecule has 2 amide bonds. The Morgan fingerprint density at radius 1 is 1.11 bits per heavy atom. The molecule has 1 saturated carbocycles. The number of amides is 2. The van der Waals surface area contributed by atoms with E-state index in [4.69, 9.17) is 11.6 Å². The van der Waals surface area contributed by atoms with E-state index in [-0.39, 0.29) is 11.8 Å². The molecule has 2 fully saturated rings. The number of carboxylic acid groups (broad SMARTS) is 1. The highest BCUT2D eigenvalue weighted by Crippen LogP contribution is 2.34. The van der Waals surface area contributed by atoms with Crippen molar-refractivity contribution in [3.63, 3.8) is 0 Å². The molecule has 148 valence electrons. The molecule has 1 aliphatic heterocycles. The van der Waals surface area contributed by atoms with Crippen LogP contribution in [0, 0.1) is 5.92 Å². The molecule has 3 rings (SSSR count). The molecule has 1 unspecified atom stereocenters. The fraction of sp³-hybridized carbons (Fsp3) is 0.600. The Balaban J connectivity index is 1.66. The summed E-state index contributed by atoms with van der Waals surface area (Å²) in [6.07, 6.45) is 4.64. The molecule has 0 aromatic heterocycles. The topological polar surface area (TPSA) is 89.9 Å². The highest BCUT2D eigenvalue weighted by atomic mass is 35.5. The van der Waals surface area contributed by atoms with Crippen molar-refractivity contribution in [3.05, 3.63) is 34.9 Å². The van der Waals surface area contributed by atoms with Gasteiger partial charge in [0.15, 0.2) is 0 Å². The van der Waals surface area contributed by atoms with Crippen LogP contribution < -0.4 is 5.32 Å². The van der Waals surface area contributed by atoms with Gasteiger partial charge in [0.05, 0.1) is 5.60 Å². The van der Waals surface area contributed by atoms with Crippen molar-refractivity contribution in [1.82, 2.24) is 10.2 Å². The maximum Gasteiger partial charge on any atom is 0.405 e. The quantitative estimate of drug-likeness (QED) is 0.730. The van der Waals surface area contributed by atoms with Gasteiger partial charge in [-0.15, -0.1) is 0 Å². The summed E-state index contributed by atoms with van der Waals surface area (Å²) in [5.74, 6) is -0.109. The van der Waals surface area contributed by atoms with Crippen molar-refractivity contribution in [1.29, 1.82) is 0 Å². The van der Waals surface area contributed by atoms with E-state index in [1.807, 2.05) is 12.1 Å². The maximum absolute atomic E-state index is 13.0. The van der Waals surface area contributed by atoms with Crippen LogP contribution in [0.15, 0.2) is 24.3 Å². The zero-order valence-electron chi connectivity index (χ0n) is 15.4. The van der Waals surface area contributed by atoms with Crippen LogP contribution in [-0.2, 0) is 10.4 Å². The summed E-state index contributed by atoms with van der Waals surface area (Å²) in [7, 11) is 0. The summed E-state index contributed by atoms with van der Waals surface area (Å²) in [6, 6.07) is 6.45. The lowest BCUT2D eigenvalue weighted by Gasteiger charge is -2.41. The van der Waals surface area contributed by atoms with Crippen molar-refractivity contribution < 1.29 is 19.8 Å². The largest absolute Gasteiger partial charge is 0.465 e. The minimum absolute atomic E-state index is 0.0550. The second-order valence-corrected chi connectivity index (χ2v) is 8.13. The lowest BCUT2D eigenvalue weighted by atomic mass is 9.81. The Morgan fingerprint density at radius 2 is 1.70 bits per heavy atom. The molecule has 1 atom stereocenters. The molecule has 0 radical (unpaired) electrons. The molecule has 0 bridgehead atoms. The number of nitrogens with zero attached hydrogens (tertiary/aromatic N) is 1. The Kier molecular flexibility index (Phi) is 6.27. The molecule has 7 heteroatoms. The highest BCUT2D eigenvalue weighted by molar-refractivity contribution is 6.30. The van der Waals surface area contributed by atoms with Gasteiger partial charge in [-0.25, -0.2) is 4.79 Å². The molecule has 2 aliphatic rings. The molecular formula is C20H27ClN2O4. The molecule has 27 heavy (non-hydrogen) atoms. The van der Waals surface area contributed by atoms with Crippen molar-refractivity contribution in [3.8, 4) is 0 Å².